The molecule has 1 rings (SSSR count). The van der Waals surface area contributed by atoms with Crippen molar-refractivity contribution in [3.63, 3.8) is 0 Å². The second-order valence-corrected chi connectivity index (χ2v) is 6.84. The third-order valence-corrected chi connectivity index (χ3v) is 3.13. The number of esters is 1. The quantitative estimate of drug-likeness (QED) is 0.477. The normalized spacial score (nSPS) is 13.0. The Morgan fingerprint density at radius 2 is 1.85 bits per heavy atom. The van der Waals surface area contributed by atoms with E-state index in [2.05, 4.69) is 0 Å². The van der Waals surface area contributed by atoms with Crippen LogP contribution < -0.4 is 5.32 Å². The molecule has 0 unspecified atom stereocenters. The summed E-state index contributed by atoms with van der Waals surface area (Å²) in [6.07, 6.45) is -6.22. The zero-order valence-electron chi connectivity index (χ0n) is 14.6. The molecule has 0 aromatic heterocycles. The van der Waals surface area contributed by atoms with Crippen LogP contribution in [-0.2, 0) is 20.5 Å². The van der Waals surface area contributed by atoms with Gasteiger partial charge in [0.05, 0.1) is 22.6 Å². The van der Waals surface area contributed by atoms with Crippen LogP contribution in [0.1, 0.15) is 39.7 Å². The van der Waals surface area contributed by atoms with E-state index >= 15 is 0 Å². The van der Waals surface area contributed by atoms with E-state index in [-0.39, 0.29) is 11.8 Å². The lowest BCUT2D eigenvalue weighted by atomic mass is 9.92. The number of non-ortho nitro benzene ring substituents is 1. The van der Waals surface area contributed by atoms with E-state index in [0.29, 0.717) is 6.07 Å². The predicted molar refractivity (Wildman–Crippen MR) is 86.4 cm³/mol. The standard InChI is InChI=1S/C16H19F3N2O5/c1-9(26-13(22)8-15(2,3)4)14(23)20-12-6-5-10(21(24)25)7-11(12)16(17,18)19/h5-7,9H,8H2,1-4H3,(H,20,23)/t9-/m1/s1. The van der Waals surface area contributed by atoms with Crippen LogP contribution in [0.4, 0.5) is 24.5 Å². The van der Waals surface area contributed by atoms with Gasteiger partial charge in [-0.3, -0.25) is 19.7 Å². The third-order valence-electron chi connectivity index (χ3n) is 3.13. The molecule has 0 aliphatic heterocycles. The van der Waals surface area contributed by atoms with Crippen LogP contribution in [-0.4, -0.2) is 22.9 Å². The maximum atomic E-state index is 13.1. The van der Waals surface area contributed by atoms with Gasteiger partial charge in [-0.25, -0.2) is 0 Å². The summed E-state index contributed by atoms with van der Waals surface area (Å²) in [5.74, 6) is -1.65. The number of rotatable bonds is 5. The van der Waals surface area contributed by atoms with Gasteiger partial charge in [-0.1, -0.05) is 20.8 Å². The van der Waals surface area contributed by atoms with Crippen LogP contribution in [0, 0.1) is 15.5 Å². The van der Waals surface area contributed by atoms with E-state index in [0.717, 1.165) is 12.1 Å². The van der Waals surface area contributed by atoms with E-state index in [9.17, 15) is 32.9 Å². The fourth-order valence-electron chi connectivity index (χ4n) is 1.95. The number of halogens is 3. The van der Waals surface area contributed by atoms with E-state index in [1.165, 1.54) is 6.92 Å². The van der Waals surface area contributed by atoms with Crippen molar-refractivity contribution >= 4 is 23.3 Å². The summed E-state index contributed by atoms with van der Waals surface area (Å²) >= 11 is 0. The molecule has 26 heavy (non-hydrogen) atoms. The lowest BCUT2D eigenvalue weighted by Gasteiger charge is -2.20. The number of nitrogens with one attached hydrogen (secondary N) is 1. The number of nitrogens with zero attached hydrogens (tertiary/aromatic N) is 1. The number of ether oxygens (including phenoxy) is 1. The van der Waals surface area contributed by atoms with Crippen molar-refractivity contribution in [1.29, 1.82) is 0 Å². The Kier molecular flexibility index (Phi) is 6.34. The number of amides is 1. The Morgan fingerprint density at radius 1 is 1.27 bits per heavy atom. The third kappa shape index (κ3) is 6.34. The molecule has 0 saturated heterocycles. The molecule has 0 bridgehead atoms. The summed E-state index contributed by atoms with van der Waals surface area (Å²) in [4.78, 5) is 33.4. The second-order valence-electron chi connectivity index (χ2n) is 6.84. The summed E-state index contributed by atoms with van der Waals surface area (Å²) in [7, 11) is 0. The van der Waals surface area contributed by atoms with Gasteiger partial charge >= 0.3 is 12.1 Å². The van der Waals surface area contributed by atoms with E-state index < -0.39 is 46.0 Å². The van der Waals surface area contributed by atoms with Crippen LogP contribution >= 0.6 is 0 Å². The summed E-state index contributed by atoms with van der Waals surface area (Å²) in [6, 6.07) is 1.94. The summed E-state index contributed by atoms with van der Waals surface area (Å²) in [5, 5.41) is 12.6. The fraction of sp³-hybridized carbons (Fsp3) is 0.500. The summed E-state index contributed by atoms with van der Waals surface area (Å²) in [5.41, 5.74) is -3.17. The molecule has 144 valence electrons. The molecular formula is C16H19F3N2O5. The number of benzene rings is 1. The van der Waals surface area contributed by atoms with Gasteiger partial charge in [0.25, 0.3) is 11.6 Å². The van der Waals surface area contributed by atoms with E-state index in [1.54, 1.807) is 20.8 Å². The Morgan fingerprint density at radius 3 is 2.31 bits per heavy atom. The van der Waals surface area contributed by atoms with Gasteiger partial charge in [-0.15, -0.1) is 0 Å². The van der Waals surface area contributed by atoms with Crippen molar-refractivity contribution in [3.05, 3.63) is 33.9 Å². The molecule has 1 N–H and O–H groups in total. The first kappa shape index (κ1) is 21.4. The van der Waals surface area contributed by atoms with E-state index in [4.69, 9.17) is 4.74 Å². The summed E-state index contributed by atoms with van der Waals surface area (Å²) < 4.78 is 44.1. The number of nitro groups is 1. The van der Waals surface area contributed by atoms with Gasteiger partial charge in [0.15, 0.2) is 6.10 Å². The molecule has 0 heterocycles. The Labute approximate surface area is 147 Å². The van der Waals surface area contributed by atoms with Crippen LogP contribution in [0.15, 0.2) is 18.2 Å². The van der Waals surface area contributed by atoms with Crippen LogP contribution in [0.3, 0.4) is 0 Å². The molecule has 0 radical (unpaired) electrons. The first-order chi connectivity index (χ1) is 11.7. The highest BCUT2D eigenvalue weighted by Gasteiger charge is 2.36. The minimum atomic E-state index is -4.92. The first-order valence-corrected chi connectivity index (χ1v) is 7.56. The van der Waals surface area contributed by atoms with Crippen molar-refractivity contribution < 1.29 is 32.4 Å². The van der Waals surface area contributed by atoms with Gasteiger partial charge in [0, 0.05) is 12.1 Å². The smallest absolute Gasteiger partial charge is 0.418 e. The Bertz CT molecular complexity index is 711. The van der Waals surface area contributed by atoms with Crippen molar-refractivity contribution in [2.75, 3.05) is 5.32 Å². The van der Waals surface area contributed by atoms with Crippen LogP contribution in [0.25, 0.3) is 0 Å². The Hall–Kier alpha value is -2.65. The maximum absolute atomic E-state index is 13.1. The zero-order chi connectivity index (χ0) is 20.3. The largest absolute Gasteiger partial charge is 0.453 e. The molecule has 1 aromatic carbocycles. The lowest BCUT2D eigenvalue weighted by molar-refractivity contribution is -0.385. The number of hydrogen-bond acceptors (Lipinski definition) is 5. The minimum absolute atomic E-state index is 0.0238. The first-order valence-electron chi connectivity index (χ1n) is 7.56. The van der Waals surface area contributed by atoms with Gasteiger partial charge in [-0.05, 0) is 18.4 Å². The van der Waals surface area contributed by atoms with Gasteiger partial charge < -0.3 is 10.1 Å². The average Bonchev–Trinajstić information content (AvgIpc) is 2.43. The molecule has 1 amide bonds. The van der Waals surface area contributed by atoms with Gasteiger partial charge in [0.1, 0.15) is 0 Å². The number of anilines is 1. The highest BCUT2D eigenvalue weighted by atomic mass is 19.4. The zero-order valence-corrected chi connectivity index (χ0v) is 14.6. The number of alkyl halides is 3. The van der Waals surface area contributed by atoms with Crippen molar-refractivity contribution in [1.82, 2.24) is 0 Å². The second kappa shape index (κ2) is 7.71. The molecule has 1 atom stereocenters. The maximum Gasteiger partial charge on any atom is 0.418 e. The van der Waals surface area contributed by atoms with Crippen molar-refractivity contribution in [2.45, 2.75) is 46.4 Å². The molecule has 0 saturated carbocycles. The van der Waals surface area contributed by atoms with Crippen molar-refractivity contribution in [3.8, 4) is 0 Å². The summed E-state index contributed by atoms with van der Waals surface area (Å²) in [6.45, 7) is 6.57. The topological polar surface area (TPSA) is 98.5 Å². The van der Waals surface area contributed by atoms with Gasteiger partial charge in [-0.2, -0.15) is 13.2 Å². The SMILES string of the molecule is C[C@@H](OC(=O)CC(C)(C)C)C(=O)Nc1ccc([N+](=O)[O-])cc1C(F)(F)F. The number of hydrogen-bond donors (Lipinski definition) is 1. The predicted octanol–water partition coefficient (Wildman–Crippen LogP) is 3.92. The molecule has 0 aliphatic rings. The molecule has 1 aromatic rings. The highest BCUT2D eigenvalue weighted by molar-refractivity contribution is 5.96. The molecule has 0 spiro atoms. The van der Waals surface area contributed by atoms with Crippen LogP contribution in [0.5, 0.6) is 0 Å². The number of carbonyl (C=O) groups excluding carboxylic acids is 2. The molecule has 7 nitrogen and oxygen atoms in total. The fourth-order valence-corrected chi connectivity index (χ4v) is 1.95. The van der Waals surface area contributed by atoms with Crippen molar-refractivity contribution in [2.24, 2.45) is 5.41 Å². The number of carbonyl (C=O) groups is 2. The average molecular weight is 376 g/mol. The molecule has 0 fully saturated rings. The molecular weight excluding hydrogens is 357 g/mol. The molecule has 10 heteroatoms. The molecule has 0 aliphatic carbocycles. The minimum Gasteiger partial charge on any atom is -0.453 e. The highest BCUT2D eigenvalue weighted by Crippen LogP contribution is 2.37. The number of nitro benzene ring substituents is 1. The van der Waals surface area contributed by atoms with E-state index in [1.807, 2.05) is 5.32 Å². The van der Waals surface area contributed by atoms with Crippen LogP contribution in [0.2, 0.25) is 0 Å². The monoisotopic (exact) mass is 376 g/mol. The van der Waals surface area contributed by atoms with Gasteiger partial charge in [0.2, 0.25) is 0 Å². The Balaban J connectivity index is 2.95. The lowest BCUT2D eigenvalue weighted by Crippen LogP contribution is -2.31.